The van der Waals surface area contributed by atoms with Crippen molar-refractivity contribution in [3.8, 4) is 0 Å². The smallest absolute Gasteiger partial charge is 0.0689 e. The molecule has 64 valence electrons. The van der Waals surface area contributed by atoms with Gasteiger partial charge >= 0.3 is 0 Å². The summed E-state index contributed by atoms with van der Waals surface area (Å²) < 4.78 is 8.55. The van der Waals surface area contributed by atoms with E-state index in [0.29, 0.717) is 0 Å². The maximum Gasteiger partial charge on any atom is 0.0689 e. The van der Waals surface area contributed by atoms with Crippen LogP contribution in [0.25, 0.3) is 0 Å². The second-order valence-corrected chi connectivity index (χ2v) is 1.57. The van der Waals surface area contributed by atoms with Crippen molar-refractivity contribution in [3.63, 3.8) is 0 Å². The van der Waals surface area contributed by atoms with Crippen molar-refractivity contribution < 1.29 is 41.4 Å². The third-order valence-electron chi connectivity index (χ3n) is 0. The quantitative estimate of drug-likeness (QED) is 0.179. The minimum atomic E-state index is -5.39. The second-order valence-electron chi connectivity index (χ2n) is 0.671. The van der Waals surface area contributed by atoms with E-state index in [0.717, 1.165) is 0 Å². The predicted octanol–water partition coefficient (Wildman–Crippen LogP) is -3.07. The van der Waals surface area contributed by atoms with Crippen LogP contribution in [0.3, 0.4) is 0 Å². The van der Waals surface area contributed by atoms with E-state index in [4.69, 9.17) is 34.6 Å². The Labute approximate surface area is 65.3 Å². The third kappa shape index (κ3) is 12600. The van der Waals surface area contributed by atoms with Gasteiger partial charge in [-0.1, -0.05) is 0 Å². The van der Waals surface area contributed by atoms with Crippen LogP contribution in [0.15, 0.2) is 0 Å². The topological polar surface area (TPSA) is 152 Å². The fraction of sp³-hybridized carbons (Fsp3) is 0. The monoisotopic (exact) mass is 213 g/mol. The van der Waals surface area contributed by atoms with Gasteiger partial charge in [0.25, 0.3) is 0 Å². The summed E-state index contributed by atoms with van der Waals surface area (Å²) in [7, 11) is -5.39. The molecule has 0 aliphatic rings. The first kappa shape index (κ1) is 16.4. The molecule has 0 saturated carbocycles. The summed E-state index contributed by atoms with van der Waals surface area (Å²) in [4.78, 5) is 33.9. The maximum absolute atomic E-state index is 8.55. The molecule has 8 nitrogen and oxygen atoms in total. The van der Waals surface area contributed by atoms with Crippen LogP contribution >= 0.6 is 7.82 Å². The zero-order valence-electron chi connectivity index (χ0n) is 4.11. The standard InChI is InChI=1S/Fe.NO3.H3O4P/c;2-1(3)4;1-5(2,3)4/h;;(H3,1,2,3,4)/q;-1;/p-3. The van der Waals surface area contributed by atoms with Crippen molar-refractivity contribution in [2.45, 2.75) is 0 Å². The van der Waals surface area contributed by atoms with Crippen molar-refractivity contribution >= 4 is 7.82 Å². The van der Waals surface area contributed by atoms with Crippen LogP contribution in [0.1, 0.15) is 0 Å². The molecule has 0 saturated heterocycles. The van der Waals surface area contributed by atoms with Crippen molar-refractivity contribution in [1.82, 2.24) is 0 Å². The van der Waals surface area contributed by atoms with Gasteiger partial charge in [-0.25, -0.2) is 0 Å². The third-order valence-corrected chi connectivity index (χ3v) is 0. The van der Waals surface area contributed by atoms with E-state index in [1.807, 2.05) is 0 Å². The molecule has 0 aromatic heterocycles. The summed E-state index contributed by atoms with van der Waals surface area (Å²) in [5.74, 6) is 0. The molecule has 10 heteroatoms. The largest absolute Gasteiger partial charge is 0.822 e. The Hall–Kier alpha value is -0.171. The van der Waals surface area contributed by atoms with Crippen LogP contribution in [-0.2, 0) is 21.6 Å². The predicted molar refractivity (Wildman–Crippen MR) is 18.0 cm³/mol. The van der Waals surface area contributed by atoms with Gasteiger partial charge in [0.05, 0.1) is 5.09 Å². The van der Waals surface area contributed by atoms with Gasteiger partial charge in [0, 0.05) is 17.1 Å². The van der Waals surface area contributed by atoms with Gasteiger partial charge < -0.3 is 34.6 Å². The fourth-order valence-corrected chi connectivity index (χ4v) is 0. The van der Waals surface area contributed by atoms with E-state index in [9.17, 15) is 0 Å². The zero-order chi connectivity index (χ0) is 8.08. The van der Waals surface area contributed by atoms with Crippen molar-refractivity contribution in [1.29, 1.82) is 0 Å². The maximum atomic E-state index is 8.55. The number of rotatable bonds is 0. The van der Waals surface area contributed by atoms with E-state index in [-0.39, 0.29) is 17.1 Å². The Kier molecular flexibility index (Phi) is 11.4. The summed E-state index contributed by atoms with van der Waals surface area (Å²) in [5, 5.41) is 14.8. The number of hydrogen-bond donors (Lipinski definition) is 0. The van der Waals surface area contributed by atoms with E-state index in [2.05, 4.69) is 0 Å². The molecule has 0 aliphatic heterocycles. The van der Waals surface area contributed by atoms with Crippen LogP contribution in [0.4, 0.5) is 0 Å². The molecular weight excluding hydrogens is 213 g/mol. The molecule has 0 heterocycles. The summed E-state index contributed by atoms with van der Waals surface area (Å²) in [6, 6.07) is 0. The van der Waals surface area contributed by atoms with E-state index in [1.165, 1.54) is 0 Å². The summed E-state index contributed by atoms with van der Waals surface area (Å²) in [5.41, 5.74) is 0. The van der Waals surface area contributed by atoms with Gasteiger partial charge in [-0.2, -0.15) is 7.82 Å². The average molecular weight is 213 g/mol. The summed E-state index contributed by atoms with van der Waals surface area (Å²) >= 11 is 0. The Bertz CT molecular complexity index is 113. The summed E-state index contributed by atoms with van der Waals surface area (Å²) in [6.07, 6.45) is 0. The minimum Gasteiger partial charge on any atom is -0.822 e. The number of hydrogen-bond acceptors (Lipinski definition) is 7. The van der Waals surface area contributed by atoms with Crippen LogP contribution < -0.4 is 14.7 Å². The Morgan fingerprint density at radius 1 is 1.10 bits per heavy atom. The SMILES string of the molecule is O=P([O-])([O-])[O-].O=[N+]([O-])[O-].[Fe]. The van der Waals surface area contributed by atoms with Gasteiger partial charge in [-0.3, -0.25) is 0 Å². The van der Waals surface area contributed by atoms with Crippen molar-refractivity contribution in [2.75, 3.05) is 0 Å². The molecule has 0 atom stereocenters. The Balaban J connectivity index is -0.0000000910. The van der Waals surface area contributed by atoms with Crippen LogP contribution in [0.2, 0.25) is 0 Å². The molecule has 0 unspecified atom stereocenters. The molecule has 0 N–H and O–H groups in total. The first-order valence-corrected chi connectivity index (χ1v) is 2.74. The Morgan fingerprint density at radius 3 is 1.10 bits per heavy atom. The van der Waals surface area contributed by atoms with E-state index >= 15 is 0 Å². The van der Waals surface area contributed by atoms with Crippen LogP contribution in [0, 0.1) is 15.3 Å². The Morgan fingerprint density at radius 2 is 1.10 bits per heavy atom. The summed E-state index contributed by atoms with van der Waals surface area (Å²) in [6.45, 7) is 0. The average Bonchev–Trinajstić information content (AvgIpc) is 1.19. The van der Waals surface area contributed by atoms with Crippen molar-refractivity contribution in [2.24, 2.45) is 0 Å². The second kappa shape index (κ2) is 6.94. The molecule has 0 rings (SSSR count). The number of phosphoric acid groups is 1. The minimum absolute atomic E-state index is 0. The first-order chi connectivity index (χ1) is 3.73. The zero-order valence-corrected chi connectivity index (χ0v) is 6.10. The van der Waals surface area contributed by atoms with Crippen LogP contribution in [-0.4, -0.2) is 5.09 Å². The molecule has 0 bridgehead atoms. The van der Waals surface area contributed by atoms with Crippen LogP contribution in [0.5, 0.6) is 0 Å². The molecule has 0 aromatic carbocycles. The van der Waals surface area contributed by atoms with Gasteiger partial charge in [-0.05, 0) is 0 Å². The number of nitrogens with zero attached hydrogens (tertiary/aromatic N) is 1. The molecular formula is FeNO7P-4. The normalized spacial score (nSPS) is 8.30. The molecule has 10 heavy (non-hydrogen) atoms. The van der Waals surface area contributed by atoms with Gasteiger partial charge in [-0.15, -0.1) is 0 Å². The molecule has 0 amide bonds. The van der Waals surface area contributed by atoms with Gasteiger partial charge in [0.2, 0.25) is 0 Å². The van der Waals surface area contributed by atoms with E-state index < -0.39 is 12.9 Å². The molecule has 0 spiro atoms. The van der Waals surface area contributed by atoms with Gasteiger partial charge in [0.1, 0.15) is 0 Å². The first-order valence-electron chi connectivity index (χ1n) is 1.28. The fourth-order valence-electron chi connectivity index (χ4n) is 0. The molecule has 0 radical (unpaired) electrons. The van der Waals surface area contributed by atoms with Crippen molar-refractivity contribution in [3.05, 3.63) is 15.3 Å². The van der Waals surface area contributed by atoms with Gasteiger partial charge in [0.15, 0.2) is 0 Å². The molecule has 0 aliphatic carbocycles. The van der Waals surface area contributed by atoms with E-state index in [1.54, 1.807) is 0 Å². The molecule has 0 fully saturated rings. The molecule has 0 aromatic rings.